The molecule has 114 valence electrons. The van der Waals surface area contributed by atoms with E-state index in [2.05, 4.69) is 5.32 Å². The summed E-state index contributed by atoms with van der Waals surface area (Å²) in [7, 11) is 0. The smallest absolute Gasteiger partial charge is 0.257 e. The summed E-state index contributed by atoms with van der Waals surface area (Å²) < 4.78 is 14.3. The Labute approximate surface area is 122 Å². The molecule has 2 atom stereocenters. The second-order valence-corrected chi connectivity index (χ2v) is 5.75. The van der Waals surface area contributed by atoms with Gasteiger partial charge in [-0.15, -0.1) is 0 Å². The van der Waals surface area contributed by atoms with Crippen LogP contribution in [-0.4, -0.2) is 35.8 Å². The van der Waals surface area contributed by atoms with E-state index in [0.717, 1.165) is 25.8 Å². The van der Waals surface area contributed by atoms with Gasteiger partial charge < -0.3 is 20.4 Å². The van der Waals surface area contributed by atoms with Crippen molar-refractivity contribution in [1.82, 2.24) is 0 Å². The predicted molar refractivity (Wildman–Crippen MR) is 76.6 cm³/mol. The molecule has 5 nitrogen and oxygen atoms in total. The highest BCUT2D eigenvalue weighted by atomic mass is 19.1. The molecule has 1 aromatic rings. The molecule has 0 aromatic heterocycles. The van der Waals surface area contributed by atoms with Crippen LogP contribution in [0.15, 0.2) is 12.1 Å². The van der Waals surface area contributed by atoms with Crippen molar-refractivity contribution in [2.45, 2.75) is 25.4 Å². The Balaban J connectivity index is 1.86. The number of rotatable bonds is 3. The largest absolute Gasteiger partial charge is 0.396 e. The standard InChI is InChI=1S/C15H19FN2O3/c16-11-6-10-12(17-15(21)14(10)20)7-13(11)18-4-1-2-9(8-18)3-5-19/h6-7,9,14,19-20H,1-5,8H2,(H,17,21). The van der Waals surface area contributed by atoms with Crippen molar-refractivity contribution in [3.8, 4) is 0 Å². The summed E-state index contributed by atoms with van der Waals surface area (Å²) in [6, 6.07) is 2.84. The minimum absolute atomic E-state index is 0.146. The maximum Gasteiger partial charge on any atom is 0.257 e. The molecule has 21 heavy (non-hydrogen) atoms. The van der Waals surface area contributed by atoms with E-state index in [1.54, 1.807) is 6.07 Å². The lowest BCUT2D eigenvalue weighted by atomic mass is 9.94. The van der Waals surface area contributed by atoms with Gasteiger partial charge in [0.15, 0.2) is 6.10 Å². The number of hydrogen-bond donors (Lipinski definition) is 3. The van der Waals surface area contributed by atoms with Crippen molar-refractivity contribution in [1.29, 1.82) is 0 Å². The van der Waals surface area contributed by atoms with Crippen LogP contribution >= 0.6 is 0 Å². The van der Waals surface area contributed by atoms with Gasteiger partial charge in [-0.2, -0.15) is 0 Å². The molecule has 0 bridgehead atoms. The number of aliphatic hydroxyl groups excluding tert-OH is 2. The fraction of sp³-hybridized carbons (Fsp3) is 0.533. The van der Waals surface area contributed by atoms with Crippen LogP contribution in [0, 0.1) is 11.7 Å². The summed E-state index contributed by atoms with van der Waals surface area (Å²) in [5.41, 5.74) is 1.23. The topological polar surface area (TPSA) is 72.8 Å². The monoisotopic (exact) mass is 294 g/mol. The highest BCUT2D eigenvalue weighted by Crippen LogP contribution is 2.37. The van der Waals surface area contributed by atoms with Crippen LogP contribution in [0.4, 0.5) is 15.8 Å². The Morgan fingerprint density at radius 1 is 1.43 bits per heavy atom. The van der Waals surface area contributed by atoms with E-state index < -0.39 is 17.8 Å². The number of anilines is 2. The molecule has 1 saturated heterocycles. The van der Waals surface area contributed by atoms with Gasteiger partial charge in [-0.25, -0.2) is 4.39 Å². The van der Waals surface area contributed by atoms with Gasteiger partial charge >= 0.3 is 0 Å². The SMILES string of the molecule is O=C1Nc2cc(N3CCCC(CCO)C3)c(F)cc2C1O. The van der Waals surface area contributed by atoms with Crippen molar-refractivity contribution in [2.24, 2.45) is 5.92 Å². The van der Waals surface area contributed by atoms with Crippen molar-refractivity contribution in [3.63, 3.8) is 0 Å². The molecule has 0 saturated carbocycles. The maximum absolute atomic E-state index is 14.3. The third-order valence-corrected chi connectivity index (χ3v) is 4.32. The van der Waals surface area contributed by atoms with E-state index in [1.807, 2.05) is 4.90 Å². The number of carbonyl (C=O) groups is 1. The Morgan fingerprint density at radius 2 is 2.24 bits per heavy atom. The van der Waals surface area contributed by atoms with Crippen LogP contribution < -0.4 is 10.2 Å². The van der Waals surface area contributed by atoms with Gasteiger partial charge in [0, 0.05) is 30.9 Å². The normalized spacial score (nSPS) is 24.9. The Hall–Kier alpha value is -1.66. The summed E-state index contributed by atoms with van der Waals surface area (Å²) in [6.07, 6.45) is 1.43. The molecular weight excluding hydrogens is 275 g/mol. The molecule has 3 N–H and O–H groups in total. The summed E-state index contributed by atoms with van der Waals surface area (Å²) in [5, 5.41) is 21.3. The molecule has 0 spiro atoms. The number of nitrogens with one attached hydrogen (secondary N) is 1. The van der Waals surface area contributed by atoms with Crippen LogP contribution in [0.1, 0.15) is 30.9 Å². The summed E-state index contributed by atoms with van der Waals surface area (Å²) in [4.78, 5) is 13.4. The molecule has 0 aliphatic carbocycles. The van der Waals surface area contributed by atoms with Crippen LogP contribution in [0.3, 0.4) is 0 Å². The lowest BCUT2D eigenvalue weighted by Crippen LogP contribution is -2.36. The third-order valence-electron chi connectivity index (χ3n) is 4.32. The highest BCUT2D eigenvalue weighted by Gasteiger charge is 2.31. The number of nitrogens with zero attached hydrogens (tertiary/aromatic N) is 1. The zero-order valence-corrected chi connectivity index (χ0v) is 11.7. The van der Waals surface area contributed by atoms with Crippen molar-refractivity contribution in [2.75, 3.05) is 29.9 Å². The minimum atomic E-state index is -1.29. The minimum Gasteiger partial charge on any atom is -0.396 e. The van der Waals surface area contributed by atoms with Gasteiger partial charge in [0.2, 0.25) is 0 Å². The van der Waals surface area contributed by atoms with Crippen molar-refractivity contribution >= 4 is 17.3 Å². The summed E-state index contributed by atoms with van der Waals surface area (Å²) in [6.45, 7) is 1.61. The number of fused-ring (bicyclic) bond motifs is 1. The number of amides is 1. The number of halogens is 1. The van der Waals surface area contributed by atoms with E-state index in [-0.39, 0.29) is 6.61 Å². The molecular formula is C15H19FN2O3. The molecule has 3 rings (SSSR count). The number of piperidine rings is 1. The average Bonchev–Trinajstić information content (AvgIpc) is 2.74. The number of hydrogen-bond acceptors (Lipinski definition) is 4. The fourth-order valence-electron chi connectivity index (χ4n) is 3.20. The Morgan fingerprint density at radius 3 is 3.00 bits per heavy atom. The van der Waals surface area contributed by atoms with Crippen molar-refractivity contribution < 1.29 is 19.4 Å². The quantitative estimate of drug-likeness (QED) is 0.788. The van der Waals surface area contributed by atoms with E-state index >= 15 is 0 Å². The van der Waals surface area contributed by atoms with E-state index in [4.69, 9.17) is 5.11 Å². The Bertz CT molecular complexity index is 562. The molecule has 2 unspecified atom stereocenters. The molecule has 2 aliphatic heterocycles. The first-order chi connectivity index (χ1) is 10.1. The number of carbonyl (C=O) groups excluding carboxylic acids is 1. The first kappa shape index (κ1) is 14.3. The molecule has 2 aliphatic rings. The van der Waals surface area contributed by atoms with Gasteiger partial charge in [0.25, 0.3) is 5.91 Å². The van der Waals surface area contributed by atoms with Gasteiger partial charge in [-0.05, 0) is 37.3 Å². The zero-order chi connectivity index (χ0) is 15.0. The fourth-order valence-corrected chi connectivity index (χ4v) is 3.20. The first-order valence-corrected chi connectivity index (χ1v) is 7.28. The van der Waals surface area contributed by atoms with Crippen molar-refractivity contribution in [3.05, 3.63) is 23.5 Å². The molecule has 1 aromatic carbocycles. The number of benzene rings is 1. The summed E-state index contributed by atoms with van der Waals surface area (Å²) >= 11 is 0. The molecule has 6 heteroatoms. The molecule has 2 heterocycles. The molecule has 1 amide bonds. The van der Waals surface area contributed by atoms with E-state index in [1.165, 1.54) is 6.07 Å². The van der Waals surface area contributed by atoms with E-state index in [0.29, 0.717) is 29.4 Å². The van der Waals surface area contributed by atoms with Crippen LogP contribution in [0.25, 0.3) is 0 Å². The lowest BCUT2D eigenvalue weighted by Gasteiger charge is -2.34. The second-order valence-electron chi connectivity index (χ2n) is 5.75. The van der Waals surface area contributed by atoms with Crippen LogP contribution in [0.2, 0.25) is 0 Å². The maximum atomic E-state index is 14.3. The second kappa shape index (κ2) is 5.61. The van der Waals surface area contributed by atoms with Gasteiger partial charge in [0.1, 0.15) is 5.82 Å². The van der Waals surface area contributed by atoms with Gasteiger partial charge in [-0.1, -0.05) is 0 Å². The first-order valence-electron chi connectivity index (χ1n) is 7.28. The Kier molecular flexibility index (Phi) is 3.82. The predicted octanol–water partition coefficient (Wildman–Crippen LogP) is 1.41. The van der Waals surface area contributed by atoms with Gasteiger partial charge in [0.05, 0.1) is 5.69 Å². The third kappa shape index (κ3) is 2.61. The van der Waals surface area contributed by atoms with Crippen LogP contribution in [0.5, 0.6) is 0 Å². The molecule has 0 radical (unpaired) electrons. The van der Waals surface area contributed by atoms with E-state index in [9.17, 15) is 14.3 Å². The summed E-state index contributed by atoms with van der Waals surface area (Å²) in [5.74, 6) is -0.580. The zero-order valence-electron chi connectivity index (χ0n) is 11.7. The van der Waals surface area contributed by atoms with Crippen LogP contribution in [-0.2, 0) is 4.79 Å². The lowest BCUT2D eigenvalue weighted by molar-refractivity contribution is -0.123. The molecule has 1 fully saturated rings. The number of aliphatic hydroxyl groups is 2. The van der Waals surface area contributed by atoms with Gasteiger partial charge in [-0.3, -0.25) is 4.79 Å². The highest BCUT2D eigenvalue weighted by molar-refractivity contribution is 6.02. The average molecular weight is 294 g/mol.